The van der Waals surface area contributed by atoms with Crippen LogP contribution in [0.5, 0.6) is 0 Å². The second-order valence-corrected chi connectivity index (χ2v) is 7.56. The number of pyridine rings is 1. The quantitative estimate of drug-likeness (QED) is 0.505. The van der Waals surface area contributed by atoms with Crippen molar-refractivity contribution in [3.05, 3.63) is 72.3 Å². The summed E-state index contributed by atoms with van der Waals surface area (Å²) in [4.78, 5) is 44.9. The van der Waals surface area contributed by atoms with E-state index in [-0.39, 0.29) is 37.0 Å². The number of anilines is 1. The number of nitrogens with zero attached hydrogens (tertiary/aromatic N) is 4. The molecule has 4 rings (SSSR count). The van der Waals surface area contributed by atoms with E-state index in [1.807, 2.05) is 12.1 Å². The van der Waals surface area contributed by atoms with Crippen molar-refractivity contribution in [1.29, 1.82) is 0 Å². The lowest BCUT2D eigenvalue weighted by Gasteiger charge is -2.14. The van der Waals surface area contributed by atoms with Crippen LogP contribution in [0.15, 0.2) is 55.1 Å². The number of hydrogen-bond acceptors (Lipinski definition) is 7. The van der Waals surface area contributed by atoms with E-state index in [1.54, 1.807) is 18.3 Å². The highest BCUT2D eigenvalue weighted by atomic mass is 19.1. The summed E-state index contributed by atoms with van der Waals surface area (Å²) < 4.78 is 26.6. The van der Waals surface area contributed by atoms with Gasteiger partial charge in [-0.05, 0) is 30.3 Å². The molecular weight excluding hydrogens is 445 g/mol. The largest absolute Gasteiger partial charge is 0.461 e. The number of carbonyl (C=O) groups is 3. The molecule has 10 nitrogen and oxygen atoms in total. The van der Waals surface area contributed by atoms with Crippen LogP contribution in [0.1, 0.15) is 23.1 Å². The summed E-state index contributed by atoms with van der Waals surface area (Å²) in [5.41, 5.74) is 1.29. The third-order valence-corrected chi connectivity index (χ3v) is 5.08. The maximum atomic E-state index is 14.9. The van der Waals surface area contributed by atoms with E-state index in [0.29, 0.717) is 12.1 Å². The van der Waals surface area contributed by atoms with Crippen molar-refractivity contribution >= 4 is 23.7 Å². The molecule has 1 aliphatic heterocycles. The van der Waals surface area contributed by atoms with E-state index in [0.717, 1.165) is 5.69 Å². The van der Waals surface area contributed by atoms with Gasteiger partial charge < -0.3 is 19.4 Å². The number of aromatic nitrogens is 3. The molecule has 34 heavy (non-hydrogen) atoms. The van der Waals surface area contributed by atoms with Gasteiger partial charge in [-0.1, -0.05) is 6.07 Å². The number of cyclic esters (lactones) is 1. The van der Waals surface area contributed by atoms with Crippen LogP contribution in [0.4, 0.5) is 14.9 Å². The first kappa shape index (κ1) is 22.9. The van der Waals surface area contributed by atoms with E-state index < -0.39 is 24.0 Å². The second-order valence-electron chi connectivity index (χ2n) is 7.56. The summed E-state index contributed by atoms with van der Waals surface area (Å²) >= 11 is 0. The average molecular weight is 467 g/mol. The number of nitrogens with one attached hydrogen (secondary N) is 1. The molecule has 176 valence electrons. The number of halogens is 1. The minimum Gasteiger partial charge on any atom is -0.461 e. The smallest absolute Gasteiger partial charge is 0.414 e. The molecule has 0 unspecified atom stereocenters. The van der Waals surface area contributed by atoms with Crippen molar-refractivity contribution in [3.8, 4) is 5.69 Å². The number of rotatable bonds is 8. The van der Waals surface area contributed by atoms with Gasteiger partial charge in [-0.2, -0.15) is 0 Å². The highest BCUT2D eigenvalue weighted by molar-refractivity contribution is 5.90. The van der Waals surface area contributed by atoms with Gasteiger partial charge in [0.1, 0.15) is 18.2 Å². The first-order chi connectivity index (χ1) is 16.4. The SMILES string of the molecule is CC(=O)NC[C@H]1CN(c2ccc(-n3cnc(C(=O)OCCc4ccccn4)c3)c(F)c2)C(=O)O1. The van der Waals surface area contributed by atoms with Crippen LogP contribution in [0.25, 0.3) is 5.69 Å². The topological polar surface area (TPSA) is 116 Å². The maximum absolute atomic E-state index is 14.9. The minimum absolute atomic E-state index is 0.0356. The van der Waals surface area contributed by atoms with Crippen LogP contribution < -0.4 is 10.2 Å². The molecular formula is C23H22FN5O5. The number of esters is 1. The number of hydrogen-bond donors (Lipinski definition) is 1. The maximum Gasteiger partial charge on any atom is 0.414 e. The van der Waals surface area contributed by atoms with E-state index in [9.17, 15) is 18.8 Å². The summed E-state index contributed by atoms with van der Waals surface area (Å²) in [6, 6.07) is 9.71. The molecule has 1 aromatic carbocycles. The van der Waals surface area contributed by atoms with E-state index in [2.05, 4.69) is 15.3 Å². The fourth-order valence-corrected chi connectivity index (χ4v) is 3.40. The lowest BCUT2D eigenvalue weighted by atomic mass is 10.2. The monoisotopic (exact) mass is 467 g/mol. The van der Waals surface area contributed by atoms with Crippen molar-refractivity contribution < 1.29 is 28.2 Å². The summed E-state index contributed by atoms with van der Waals surface area (Å²) in [5.74, 6) is -1.48. The molecule has 1 atom stereocenters. The van der Waals surface area contributed by atoms with Crippen LogP contribution in [-0.2, 0) is 20.7 Å². The van der Waals surface area contributed by atoms with Crippen LogP contribution >= 0.6 is 0 Å². The lowest BCUT2D eigenvalue weighted by molar-refractivity contribution is -0.119. The molecule has 0 bridgehead atoms. The Morgan fingerprint density at radius 2 is 2.12 bits per heavy atom. The molecule has 1 fully saturated rings. The zero-order chi connectivity index (χ0) is 24.1. The number of benzene rings is 1. The second kappa shape index (κ2) is 10.1. The number of amides is 2. The summed E-state index contributed by atoms with van der Waals surface area (Å²) in [6.45, 7) is 1.86. The van der Waals surface area contributed by atoms with Crippen LogP contribution in [0.3, 0.4) is 0 Å². The molecule has 3 heterocycles. The molecule has 1 aliphatic rings. The first-order valence-electron chi connectivity index (χ1n) is 10.5. The predicted octanol–water partition coefficient (Wildman–Crippen LogP) is 2.27. The number of imidazole rings is 1. The normalized spacial score (nSPS) is 15.2. The van der Waals surface area contributed by atoms with Gasteiger partial charge in [-0.15, -0.1) is 0 Å². The molecule has 1 saturated heterocycles. The molecule has 1 N–H and O–H groups in total. The van der Waals surface area contributed by atoms with Crippen molar-refractivity contribution in [1.82, 2.24) is 19.9 Å². The highest BCUT2D eigenvalue weighted by Gasteiger charge is 2.32. The zero-order valence-electron chi connectivity index (χ0n) is 18.3. The lowest BCUT2D eigenvalue weighted by Crippen LogP contribution is -2.33. The van der Waals surface area contributed by atoms with Gasteiger partial charge >= 0.3 is 12.1 Å². The predicted molar refractivity (Wildman–Crippen MR) is 118 cm³/mol. The molecule has 2 amide bonds. The molecule has 0 radical (unpaired) electrons. The van der Waals surface area contributed by atoms with Gasteiger partial charge in [0.15, 0.2) is 5.69 Å². The molecule has 2 aromatic heterocycles. The Morgan fingerprint density at radius 1 is 1.26 bits per heavy atom. The average Bonchev–Trinajstić information content (AvgIpc) is 3.45. The summed E-state index contributed by atoms with van der Waals surface area (Å²) in [5, 5.41) is 2.59. The summed E-state index contributed by atoms with van der Waals surface area (Å²) in [7, 11) is 0. The van der Waals surface area contributed by atoms with Crippen LogP contribution in [-0.4, -0.2) is 58.3 Å². The van der Waals surface area contributed by atoms with Gasteiger partial charge in [-0.3, -0.25) is 14.7 Å². The van der Waals surface area contributed by atoms with E-state index in [1.165, 1.54) is 41.0 Å². The van der Waals surface area contributed by atoms with Gasteiger partial charge in [-0.25, -0.2) is 19.0 Å². The minimum atomic E-state index is -0.628. The Balaban J connectivity index is 1.38. The molecule has 11 heteroatoms. The van der Waals surface area contributed by atoms with Crippen LogP contribution in [0.2, 0.25) is 0 Å². The number of carbonyl (C=O) groups excluding carboxylic acids is 3. The Labute approximate surface area is 194 Å². The van der Waals surface area contributed by atoms with Gasteiger partial charge in [0, 0.05) is 31.4 Å². The Morgan fingerprint density at radius 3 is 2.85 bits per heavy atom. The van der Waals surface area contributed by atoms with Crippen molar-refractivity contribution in [2.75, 3.05) is 24.6 Å². The van der Waals surface area contributed by atoms with Crippen LogP contribution in [0, 0.1) is 5.82 Å². The standard InChI is InChI=1S/C23H22FN5O5/c1-15(30)26-11-18-12-29(23(32)34-18)17-5-6-21(19(24)10-17)28-13-20(27-14-28)22(31)33-9-7-16-4-2-3-8-25-16/h2-6,8,10,13-14,18H,7,9,11-12H2,1H3,(H,26,30)/t18-/m0/s1. The fourth-order valence-electron chi connectivity index (χ4n) is 3.40. The van der Waals surface area contributed by atoms with E-state index >= 15 is 0 Å². The van der Waals surface area contributed by atoms with Gasteiger partial charge in [0.25, 0.3) is 0 Å². The first-order valence-corrected chi connectivity index (χ1v) is 10.5. The molecule has 0 saturated carbocycles. The van der Waals surface area contributed by atoms with Gasteiger partial charge in [0.2, 0.25) is 5.91 Å². The molecule has 3 aromatic rings. The molecule has 0 spiro atoms. The van der Waals surface area contributed by atoms with Gasteiger partial charge in [0.05, 0.1) is 31.1 Å². The van der Waals surface area contributed by atoms with Crippen molar-refractivity contribution in [3.63, 3.8) is 0 Å². The zero-order valence-corrected chi connectivity index (χ0v) is 18.3. The highest BCUT2D eigenvalue weighted by Crippen LogP contribution is 2.25. The third-order valence-electron chi connectivity index (χ3n) is 5.08. The summed E-state index contributed by atoms with van der Waals surface area (Å²) in [6.07, 6.45) is 3.65. The fraction of sp³-hybridized carbons (Fsp3) is 0.261. The third kappa shape index (κ3) is 5.37. The van der Waals surface area contributed by atoms with Crippen molar-refractivity contribution in [2.45, 2.75) is 19.4 Å². The van der Waals surface area contributed by atoms with E-state index in [4.69, 9.17) is 9.47 Å². The Bertz CT molecular complexity index is 1200. The Hall–Kier alpha value is -4.28. The molecule has 0 aliphatic carbocycles. The van der Waals surface area contributed by atoms with Crippen molar-refractivity contribution in [2.24, 2.45) is 0 Å². The number of ether oxygens (including phenoxy) is 2. The Kier molecular flexibility index (Phi) is 6.81.